The highest BCUT2D eigenvalue weighted by Gasteiger charge is 2.15. The third-order valence-electron chi connectivity index (χ3n) is 4.75. The number of benzene rings is 3. The summed E-state index contributed by atoms with van der Waals surface area (Å²) in [6.45, 7) is 0.674. The fourth-order valence-corrected chi connectivity index (χ4v) is 3.51. The maximum absolute atomic E-state index is 6.15. The molecule has 5 heteroatoms. The zero-order valence-corrected chi connectivity index (χ0v) is 16.2. The van der Waals surface area contributed by atoms with E-state index in [1.165, 1.54) is 11.1 Å². The molecule has 0 aliphatic heterocycles. The monoisotopic (exact) mass is 389 g/mol. The molecule has 28 heavy (non-hydrogen) atoms. The Hall–Kier alpha value is -3.11. The van der Waals surface area contributed by atoms with E-state index >= 15 is 0 Å². The molecule has 0 unspecified atom stereocenters. The van der Waals surface area contributed by atoms with E-state index in [-0.39, 0.29) is 11.2 Å². The molecule has 140 valence electrons. The van der Waals surface area contributed by atoms with Gasteiger partial charge in [-0.15, -0.1) is 0 Å². The number of methoxy groups -OCH3 is 1. The summed E-state index contributed by atoms with van der Waals surface area (Å²) in [6.07, 6.45) is 0. The molecule has 0 bridgehead atoms. The molecule has 4 rings (SSSR count). The molecule has 0 radical (unpaired) electrons. The Balaban J connectivity index is 1.69. The number of hydrogen-bond donors (Lipinski definition) is 1. The summed E-state index contributed by atoms with van der Waals surface area (Å²) < 4.78 is 5.36. The van der Waals surface area contributed by atoms with Crippen molar-refractivity contribution in [3.8, 4) is 5.75 Å². The van der Waals surface area contributed by atoms with Gasteiger partial charge in [0.1, 0.15) is 11.6 Å². The van der Waals surface area contributed by atoms with E-state index in [2.05, 4.69) is 63.8 Å². The lowest BCUT2D eigenvalue weighted by molar-refractivity contribution is 0.415. The van der Waals surface area contributed by atoms with Crippen molar-refractivity contribution in [1.82, 2.24) is 9.97 Å². The number of rotatable bonds is 6. The van der Waals surface area contributed by atoms with Crippen LogP contribution in [0.15, 0.2) is 78.9 Å². The van der Waals surface area contributed by atoms with Crippen molar-refractivity contribution in [2.75, 3.05) is 19.0 Å². The van der Waals surface area contributed by atoms with E-state index in [9.17, 15) is 0 Å². The smallest absolute Gasteiger partial charge is 0.224 e. The number of fused-ring (bicyclic) bond motifs is 1. The summed E-state index contributed by atoms with van der Waals surface area (Å²) in [7, 11) is 1.64. The van der Waals surface area contributed by atoms with E-state index in [0.29, 0.717) is 12.4 Å². The van der Waals surface area contributed by atoms with Gasteiger partial charge in [-0.3, -0.25) is 0 Å². The highest BCUT2D eigenvalue weighted by molar-refractivity contribution is 6.28. The summed E-state index contributed by atoms with van der Waals surface area (Å²) in [5.41, 5.74) is 3.26. The van der Waals surface area contributed by atoms with Crippen LogP contribution in [-0.4, -0.2) is 23.6 Å². The first-order valence-electron chi connectivity index (χ1n) is 9.09. The zero-order valence-electron chi connectivity index (χ0n) is 15.5. The van der Waals surface area contributed by atoms with Gasteiger partial charge in [-0.25, -0.2) is 9.97 Å². The summed E-state index contributed by atoms with van der Waals surface area (Å²) in [6, 6.07) is 26.6. The number of nitrogens with one attached hydrogen (secondary N) is 1. The third kappa shape index (κ3) is 3.92. The largest absolute Gasteiger partial charge is 0.497 e. The summed E-state index contributed by atoms with van der Waals surface area (Å²) in [5.74, 6) is 1.63. The second kappa shape index (κ2) is 8.28. The van der Waals surface area contributed by atoms with Crippen LogP contribution >= 0.6 is 11.6 Å². The summed E-state index contributed by atoms with van der Waals surface area (Å²) in [4.78, 5) is 8.74. The van der Waals surface area contributed by atoms with Crippen LogP contribution in [0.1, 0.15) is 17.0 Å². The van der Waals surface area contributed by atoms with Crippen molar-refractivity contribution in [1.29, 1.82) is 0 Å². The van der Waals surface area contributed by atoms with Gasteiger partial charge in [0.25, 0.3) is 0 Å². The molecular formula is C23H20ClN3O. The van der Waals surface area contributed by atoms with Gasteiger partial charge in [-0.05, 0) is 40.9 Å². The van der Waals surface area contributed by atoms with Gasteiger partial charge in [0.15, 0.2) is 0 Å². The molecule has 1 heterocycles. The Morgan fingerprint density at radius 1 is 0.893 bits per heavy atom. The molecule has 1 N–H and O–H groups in total. The molecule has 4 aromatic rings. The molecule has 0 saturated heterocycles. The summed E-state index contributed by atoms with van der Waals surface area (Å²) >= 11 is 6.15. The quantitative estimate of drug-likeness (QED) is 0.440. The van der Waals surface area contributed by atoms with Gasteiger partial charge in [0.05, 0.1) is 12.6 Å². The highest BCUT2D eigenvalue weighted by atomic mass is 35.5. The minimum atomic E-state index is 0.178. The Bertz CT molecular complexity index is 1030. The van der Waals surface area contributed by atoms with Crippen molar-refractivity contribution in [2.45, 2.75) is 5.92 Å². The molecule has 0 fully saturated rings. The first kappa shape index (κ1) is 18.3. The van der Waals surface area contributed by atoms with Crippen LogP contribution < -0.4 is 10.1 Å². The molecule has 0 aliphatic rings. The van der Waals surface area contributed by atoms with Gasteiger partial charge < -0.3 is 10.1 Å². The van der Waals surface area contributed by atoms with Crippen molar-refractivity contribution in [3.63, 3.8) is 0 Å². The van der Waals surface area contributed by atoms with Gasteiger partial charge in [-0.1, -0.05) is 60.7 Å². The fraction of sp³-hybridized carbons (Fsp3) is 0.130. The number of ether oxygens (including phenoxy) is 1. The normalized spacial score (nSPS) is 11.0. The Labute approximate surface area is 169 Å². The third-order valence-corrected chi connectivity index (χ3v) is 4.92. The average Bonchev–Trinajstić information content (AvgIpc) is 2.75. The van der Waals surface area contributed by atoms with Gasteiger partial charge in [0, 0.05) is 17.8 Å². The summed E-state index contributed by atoms with van der Waals surface area (Å²) in [5, 5.41) is 4.58. The predicted octanol–water partition coefficient (Wildman–Crippen LogP) is 5.54. The molecule has 0 atom stereocenters. The second-order valence-electron chi connectivity index (χ2n) is 6.48. The number of halogens is 1. The van der Waals surface area contributed by atoms with Crippen LogP contribution in [0.2, 0.25) is 5.28 Å². The maximum atomic E-state index is 6.15. The van der Waals surface area contributed by atoms with Crippen molar-refractivity contribution in [3.05, 3.63) is 95.3 Å². The predicted molar refractivity (Wildman–Crippen MR) is 114 cm³/mol. The first-order valence-corrected chi connectivity index (χ1v) is 9.47. The van der Waals surface area contributed by atoms with E-state index < -0.39 is 0 Å². The number of aromatic nitrogens is 2. The molecule has 0 spiro atoms. The maximum Gasteiger partial charge on any atom is 0.224 e. The highest BCUT2D eigenvalue weighted by Crippen LogP contribution is 2.29. The minimum absolute atomic E-state index is 0.178. The Morgan fingerprint density at radius 2 is 1.54 bits per heavy atom. The van der Waals surface area contributed by atoms with E-state index in [4.69, 9.17) is 16.3 Å². The van der Waals surface area contributed by atoms with Crippen molar-refractivity contribution in [2.24, 2.45) is 0 Å². The van der Waals surface area contributed by atoms with Gasteiger partial charge in [-0.2, -0.15) is 0 Å². The number of nitrogens with zero attached hydrogens (tertiary/aromatic N) is 2. The molecule has 0 amide bonds. The van der Waals surface area contributed by atoms with Crippen LogP contribution in [0, 0.1) is 0 Å². The van der Waals surface area contributed by atoms with Crippen LogP contribution in [0.5, 0.6) is 5.75 Å². The lowest BCUT2D eigenvalue weighted by Crippen LogP contribution is -2.15. The van der Waals surface area contributed by atoms with Gasteiger partial charge in [0.2, 0.25) is 5.28 Å². The fourth-order valence-electron chi connectivity index (χ4n) is 3.34. The van der Waals surface area contributed by atoms with Crippen LogP contribution in [0.25, 0.3) is 10.9 Å². The topological polar surface area (TPSA) is 47.0 Å². The molecular weight excluding hydrogens is 370 g/mol. The zero-order chi connectivity index (χ0) is 19.3. The first-order chi connectivity index (χ1) is 13.7. The molecule has 1 aromatic heterocycles. The molecule has 0 aliphatic carbocycles. The van der Waals surface area contributed by atoms with Crippen LogP contribution in [-0.2, 0) is 0 Å². The molecule has 3 aromatic carbocycles. The molecule has 0 saturated carbocycles. The Kier molecular flexibility index (Phi) is 5.40. The van der Waals surface area contributed by atoms with E-state index in [1.54, 1.807) is 7.11 Å². The van der Waals surface area contributed by atoms with E-state index in [0.717, 1.165) is 16.7 Å². The van der Waals surface area contributed by atoms with Crippen LogP contribution in [0.4, 0.5) is 5.82 Å². The van der Waals surface area contributed by atoms with Crippen molar-refractivity contribution >= 4 is 28.3 Å². The van der Waals surface area contributed by atoms with E-state index in [1.807, 2.05) is 30.3 Å². The SMILES string of the molecule is COc1ccc2nc(Cl)nc(NCC(c3ccccc3)c3ccccc3)c2c1. The van der Waals surface area contributed by atoms with Crippen molar-refractivity contribution < 1.29 is 4.74 Å². The van der Waals surface area contributed by atoms with Crippen LogP contribution in [0.3, 0.4) is 0 Å². The number of anilines is 1. The lowest BCUT2D eigenvalue weighted by Gasteiger charge is -2.20. The second-order valence-corrected chi connectivity index (χ2v) is 6.82. The average molecular weight is 390 g/mol. The lowest BCUT2D eigenvalue weighted by atomic mass is 9.91. The number of hydrogen-bond acceptors (Lipinski definition) is 4. The van der Waals surface area contributed by atoms with Gasteiger partial charge >= 0.3 is 0 Å². The molecule has 4 nitrogen and oxygen atoms in total. The standard InChI is InChI=1S/C23H20ClN3O/c1-28-18-12-13-21-19(14-18)22(27-23(24)26-21)25-15-20(16-8-4-2-5-9-16)17-10-6-3-7-11-17/h2-14,20H,15H2,1H3,(H,25,26,27). The Morgan fingerprint density at radius 3 is 2.14 bits per heavy atom. The minimum Gasteiger partial charge on any atom is -0.497 e.